The molecular formula is C17H17N5O2. The fourth-order valence-corrected chi connectivity index (χ4v) is 2.93. The third-order valence-electron chi connectivity index (χ3n) is 4.20. The van der Waals surface area contributed by atoms with Crippen molar-refractivity contribution >= 4 is 11.6 Å². The highest BCUT2D eigenvalue weighted by molar-refractivity contribution is 5.56. The van der Waals surface area contributed by atoms with Gasteiger partial charge in [-0.25, -0.2) is 9.97 Å². The highest BCUT2D eigenvalue weighted by atomic mass is 16.3. The third kappa shape index (κ3) is 2.72. The van der Waals surface area contributed by atoms with E-state index in [1.807, 2.05) is 0 Å². The standard InChI is InChI=1S/C17H17N5O2/c18-16-19-12(6-9-17(23)7-2-1-3-8-17)11-14-20-15(21-22(14)16)13-5-4-10-24-13/h4-5,10-11,23H,1-3,7-8H2,(H2,18,19). The first kappa shape index (κ1) is 14.7. The molecule has 4 rings (SSSR count). The molecule has 0 unspecified atom stereocenters. The minimum atomic E-state index is -0.923. The van der Waals surface area contributed by atoms with E-state index in [1.54, 1.807) is 24.5 Å². The number of hydrogen-bond donors (Lipinski definition) is 2. The molecule has 0 radical (unpaired) electrons. The van der Waals surface area contributed by atoms with Crippen LogP contribution >= 0.6 is 0 Å². The molecule has 3 heterocycles. The van der Waals surface area contributed by atoms with Crippen molar-refractivity contribution in [3.05, 3.63) is 30.2 Å². The Hall–Kier alpha value is -2.85. The largest absolute Gasteiger partial charge is 0.461 e. The second-order valence-electron chi connectivity index (χ2n) is 6.02. The zero-order chi connectivity index (χ0) is 16.6. The van der Waals surface area contributed by atoms with E-state index in [0.29, 0.717) is 35.8 Å². The molecule has 122 valence electrons. The number of nitrogens with two attached hydrogens (primary N) is 1. The minimum absolute atomic E-state index is 0.192. The number of fused-ring (bicyclic) bond motifs is 1. The lowest BCUT2D eigenvalue weighted by atomic mass is 9.85. The van der Waals surface area contributed by atoms with E-state index < -0.39 is 5.60 Å². The fourth-order valence-electron chi connectivity index (χ4n) is 2.93. The van der Waals surface area contributed by atoms with Crippen LogP contribution in [0.15, 0.2) is 28.9 Å². The van der Waals surface area contributed by atoms with Gasteiger partial charge in [-0.1, -0.05) is 12.3 Å². The van der Waals surface area contributed by atoms with Crippen molar-refractivity contribution in [2.75, 3.05) is 5.73 Å². The number of furan rings is 1. The molecule has 1 aliphatic carbocycles. The van der Waals surface area contributed by atoms with Gasteiger partial charge in [0, 0.05) is 6.07 Å². The number of anilines is 1. The molecule has 7 heteroatoms. The maximum Gasteiger partial charge on any atom is 0.224 e. The summed E-state index contributed by atoms with van der Waals surface area (Å²) in [5, 5.41) is 14.8. The zero-order valence-corrected chi connectivity index (χ0v) is 13.1. The topological polar surface area (TPSA) is 102 Å². The molecule has 0 spiro atoms. The van der Waals surface area contributed by atoms with Crippen molar-refractivity contribution in [1.82, 2.24) is 19.6 Å². The first-order chi connectivity index (χ1) is 11.6. The van der Waals surface area contributed by atoms with Crippen LogP contribution in [-0.2, 0) is 0 Å². The van der Waals surface area contributed by atoms with Gasteiger partial charge in [-0.2, -0.15) is 4.52 Å². The Balaban J connectivity index is 1.70. The summed E-state index contributed by atoms with van der Waals surface area (Å²) in [5.74, 6) is 7.07. The van der Waals surface area contributed by atoms with Crippen LogP contribution in [-0.4, -0.2) is 30.3 Å². The summed E-state index contributed by atoms with van der Waals surface area (Å²) in [7, 11) is 0. The van der Waals surface area contributed by atoms with Gasteiger partial charge < -0.3 is 15.3 Å². The number of nitrogen functional groups attached to an aromatic ring is 1. The number of nitrogens with zero attached hydrogens (tertiary/aromatic N) is 4. The molecule has 0 aromatic carbocycles. The van der Waals surface area contributed by atoms with Crippen molar-refractivity contribution < 1.29 is 9.52 Å². The Morgan fingerprint density at radius 3 is 2.83 bits per heavy atom. The molecule has 7 nitrogen and oxygen atoms in total. The van der Waals surface area contributed by atoms with E-state index in [4.69, 9.17) is 10.2 Å². The molecule has 0 atom stereocenters. The normalized spacial score (nSPS) is 16.7. The summed E-state index contributed by atoms with van der Waals surface area (Å²) in [6.07, 6.45) is 6.10. The van der Waals surface area contributed by atoms with Crippen molar-refractivity contribution in [2.45, 2.75) is 37.7 Å². The van der Waals surface area contributed by atoms with Crippen molar-refractivity contribution in [3.8, 4) is 23.4 Å². The van der Waals surface area contributed by atoms with Gasteiger partial charge in [-0.05, 0) is 43.7 Å². The summed E-state index contributed by atoms with van der Waals surface area (Å²) in [4.78, 5) is 8.63. The van der Waals surface area contributed by atoms with Crippen molar-refractivity contribution in [3.63, 3.8) is 0 Å². The number of rotatable bonds is 1. The average Bonchev–Trinajstić information content (AvgIpc) is 3.23. The van der Waals surface area contributed by atoms with Gasteiger partial charge in [0.2, 0.25) is 11.8 Å². The van der Waals surface area contributed by atoms with E-state index in [1.165, 1.54) is 4.52 Å². The number of aliphatic hydroxyl groups is 1. The minimum Gasteiger partial charge on any atom is -0.461 e. The van der Waals surface area contributed by atoms with E-state index in [2.05, 4.69) is 26.9 Å². The Morgan fingerprint density at radius 1 is 1.25 bits per heavy atom. The van der Waals surface area contributed by atoms with E-state index in [0.717, 1.165) is 19.3 Å². The van der Waals surface area contributed by atoms with Crippen LogP contribution < -0.4 is 5.73 Å². The van der Waals surface area contributed by atoms with Gasteiger partial charge in [0.15, 0.2) is 11.4 Å². The molecule has 0 amide bonds. The Kier molecular flexibility index (Phi) is 3.47. The van der Waals surface area contributed by atoms with E-state index in [-0.39, 0.29) is 5.95 Å². The quantitative estimate of drug-likeness (QED) is 0.664. The van der Waals surface area contributed by atoms with Crippen LogP contribution in [0.5, 0.6) is 0 Å². The summed E-state index contributed by atoms with van der Waals surface area (Å²) >= 11 is 0. The Morgan fingerprint density at radius 2 is 2.08 bits per heavy atom. The van der Waals surface area contributed by atoms with Crippen LogP contribution in [0.3, 0.4) is 0 Å². The summed E-state index contributed by atoms with van der Waals surface area (Å²) in [6.45, 7) is 0. The molecule has 1 aliphatic rings. The highest BCUT2D eigenvalue weighted by Gasteiger charge is 2.26. The monoisotopic (exact) mass is 323 g/mol. The fraction of sp³-hybridized carbons (Fsp3) is 0.353. The molecule has 0 aliphatic heterocycles. The lowest BCUT2D eigenvalue weighted by molar-refractivity contribution is 0.0610. The second-order valence-corrected chi connectivity index (χ2v) is 6.02. The first-order valence-electron chi connectivity index (χ1n) is 7.96. The van der Waals surface area contributed by atoms with Gasteiger partial charge in [-0.15, -0.1) is 5.10 Å². The van der Waals surface area contributed by atoms with Crippen LogP contribution in [0.4, 0.5) is 5.95 Å². The van der Waals surface area contributed by atoms with Gasteiger partial charge in [-0.3, -0.25) is 0 Å². The van der Waals surface area contributed by atoms with Crippen LogP contribution in [0.2, 0.25) is 0 Å². The van der Waals surface area contributed by atoms with Crippen LogP contribution in [0.1, 0.15) is 37.8 Å². The Labute approximate surface area is 138 Å². The molecule has 24 heavy (non-hydrogen) atoms. The molecule has 1 fully saturated rings. The molecule has 3 aromatic rings. The smallest absolute Gasteiger partial charge is 0.224 e. The summed E-state index contributed by atoms with van der Waals surface area (Å²) in [5.41, 5.74) is 6.04. The van der Waals surface area contributed by atoms with Crippen molar-refractivity contribution in [1.29, 1.82) is 0 Å². The maximum atomic E-state index is 10.5. The second kappa shape index (κ2) is 5.65. The lowest BCUT2D eigenvalue weighted by Crippen LogP contribution is -2.29. The lowest BCUT2D eigenvalue weighted by Gasteiger charge is -2.26. The maximum absolute atomic E-state index is 10.5. The number of aromatic nitrogens is 4. The third-order valence-corrected chi connectivity index (χ3v) is 4.20. The zero-order valence-electron chi connectivity index (χ0n) is 13.1. The predicted molar refractivity (Wildman–Crippen MR) is 87.8 cm³/mol. The molecule has 0 bridgehead atoms. The van der Waals surface area contributed by atoms with Crippen molar-refractivity contribution in [2.24, 2.45) is 0 Å². The molecule has 1 saturated carbocycles. The number of hydrogen-bond acceptors (Lipinski definition) is 6. The van der Waals surface area contributed by atoms with Gasteiger partial charge in [0.05, 0.1) is 6.26 Å². The van der Waals surface area contributed by atoms with Gasteiger partial charge >= 0.3 is 0 Å². The molecule has 0 saturated heterocycles. The average molecular weight is 323 g/mol. The van der Waals surface area contributed by atoms with E-state index in [9.17, 15) is 5.11 Å². The molecule has 3 aromatic heterocycles. The Bertz CT molecular complexity index is 927. The van der Waals surface area contributed by atoms with E-state index >= 15 is 0 Å². The summed E-state index contributed by atoms with van der Waals surface area (Å²) < 4.78 is 6.74. The van der Waals surface area contributed by atoms with Gasteiger partial charge in [0.25, 0.3) is 0 Å². The molecule has 3 N–H and O–H groups in total. The molecular weight excluding hydrogens is 306 g/mol. The first-order valence-corrected chi connectivity index (χ1v) is 7.96. The van der Waals surface area contributed by atoms with Crippen LogP contribution in [0.25, 0.3) is 17.2 Å². The summed E-state index contributed by atoms with van der Waals surface area (Å²) in [6, 6.07) is 5.25. The van der Waals surface area contributed by atoms with Crippen LogP contribution in [0, 0.1) is 11.8 Å². The predicted octanol–water partition coefficient (Wildman–Crippen LogP) is 2.01. The van der Waals surface area contributed by atoms with Gasteiger partial charge in [0.1, 0.15) is 11.3 Å². The highest BCUT2D eigenvalue weighted by Crippen LogP contribution is 2.27. The SMILES string of the molecule is Nc1nc(C#CC2(O)CCCCC2)cc2nc(-c3ccco3)nn12.